The molecule has 2 aromatic heterocycles. The second-order valence-electron chi connectivity index (χ2n) is 7.56. The van der Waals surface area contributed by atoms with Crippen LogP contribution < -0.4 is 10.5 Å². The van der Waals surface area contributed by atoms with Gasteiger partial charge in [-0.1, -0.05) is 55.7 Å². The molecule has 0 amide bonds. The van der Waals surface area contributed by atoms with Crippen molar-refractivity contribution in [1.29, 1.82) is 0 Å². The van der Waals surface area contributed by atoms with Gasteiger partial charge in [0.15, 0.2) is 0 Å². The molecule has 1 unspecified atom stereocenters. The number of nitrogens with two attached hydrogens (primary N) is 1. The van der Waals surface area contributed by atoms with Crippen molar-refractivity contribution in [1.82, 2.24) is 4.98 Å². The standard InChI is InChI=1S/C24H26N2O3S/c1-28-24(27)22(17-11-6-3-7-12-17)29-23-21(25)18(16-9-4-2-5-10-16)15-19(26-23)20-13-8-14-30-20/h3,6-8,11-16,22H,2,4-5,9-10,25H2,1H3. The number of carbonyl (C=O) groups excluding carboxylic acids is 1. The SMILES string of the molecule is COC(=O)C(Oc1nc(-c2cccs2)cc(C2CCCCC2)c1N)c1ccccc1. The minimum Gasteiger partial charge on any atom is -0.466 e. The van der Waals surface area contributed by atoms with Crippen LogP contribution in [0.2, 0.25) is 0 Å². The van der Waals surface area contributed by atoms with Crippen molar-refractivity contribution in [2.24, 2.45) is 0 Å². The highest BCUT2D eigenvalue weighted by Gasteiger charge is 2.28. The van der Waals surface area contributed by atoms with Crippen molar-refractivity contribution in [2.45, 2.75) is 44.1 Å². The Bertz CT molecular complexity index is 983. The van der Waals surface area contributed by atoms with Gasteiger partial charge in [-0.15, -0.1) is 11.3 Å². The van der Waals surface area contributed by atoms with E-state index >= 15 is 0 Å². The number of hydrogen-bond donors (Lipinski definition) is 1. The van der Waals surface area contributed by atoms with E-state index in [0.717, 1.165) is 29.0 Å². The Morgan fingerprint density at radius 2 is 1.90 bits per heavy atom. The molecular weight excluding hydrogens is 396 g/mol. The lowest BCUT2D eigenvalue weighted by Gasteiger charge is -2.25. The summed E-state index contributed by atoms with van der Waals surface area (Å²) < 4.78 is 11.1. The number of ether oxygens (including phenoxy) is 2. The maximum atomic E-state index is 12.5. The van der Waals surface area contributed by atoms with E-state index in [9.17, 15) is 4.79 Å². The van der Waals surface area contributed by atoms with Crippen LogP contribution in [0.3, 0.4) is 0 Å². The molecule has 0 aliphatic heterocycles. The van der Waals surface area contributed by atoms with Gasteiger partial charge in [0.25, 0.3) is 0 Å². The number of methoxy groups -OCH3 is 1. The Hall–Kier alpha value is -2.86. The van der Waals surface area contributed by atoms with E-state index < -0.39 is 12.1 Å². The predicted octanol–water partition coefficient (Wildman–Crippen LogP) is 5.73. The lowest BCUT2D eigenvalue weighted by atomic mass is 9.83. The first kappa shape index (κ1) is 20.4. The normalized spacial score (nSPS) is 15.5. The fourth-order valence-electron chi connectivity index (χ4n) is 4.04. The second-order valence-corrected chi connectivity index (χ2v) is 8.51. The highest BCUT2D eigenvalue weighted by atomic mass is 32.1. The van der Waals surface area contributed by atoms with Crippen LogP contribution in [0.25, 0.3) is 10.6 Å². The number of carbonyl (C=O) groups is 1. The number of pyridine rings is 1. The topological polar surface area (TPSA) is 74.4 Å². The number of esters is 1. The van der Waals surface area contributed by atoms with E-state index in [0.29, 0.717) is 23.0 Å². The van der Waals surface area contributed by atoms with Crippen LogP contribution in [0.15, 0.2) is 53.9 Å². The summed E-state index contributed by atoms with van der Waals surface area (Å²) in [5.74, 6) is 0.194. The number of rotatable bonds is 6. The predicted molar refractivity (Wildman–Crippen MR) is 120 cm³/mol. The van der Waals surface area contributed by atoms with Gasteiger partial charge in [-0.2, -0.15) is 0 Å². The molecule has 2 heterocycles. The number of nitrogens with zero attached hydrogens (tertiary/aromatic N) is 1. The first-order valence-electron chi connectivity index (χ1n) is 10.3. The van der Waals surface area contributed by atoms with Crippen LogP contribution in [-0.2, 0) is 9.53 Å². The molecule has 3 aromatic rings. The number of hydrogen-bond acceptors (Lipinski definition) is 6. The lowest BCUT2D eigenvalue weighted by molar-refractivity contribution is -0.149. The van der Waals surface area contributed by atoms with Crippen LogP contribution in [0, 0.1) is 0 Å². The highest BCUT2D eigenvalue weighted by Crippen LogP contribution is 2.41. The van der Waals surface area contributed by atoms with Crippen molar-refractivity contribution in [2.75, 3.05) is 12.8 Å². The quantitative estimate of drug-likeness (QED) is 0.513. The molecule has 0 spiro atoms. The summed E-state index contributed by atoms with van der Waals surface area (Å²) in [6, 6.07) is 15.4. The number of nitrogen functional groups attached to an aromatic ring is 1. The Kier molecular flexibility index (Phi) is 6.33. The van der Waals surface area contributed by atoms with Crippen LogP contribution in [0.1, 0.15) is 55.3 Å². The largest absolute Gasteiger partial charge is 0.466 e. The molecule has 1 atom stereocenters. The van der Waals surface area contributed by atoms with Crippen molar-refractivity contribution < 1.29 is 14.3 Å². The van der Waals surface area contributed by atoms with Crippen molar-refractivity contribution in [3.8, 4) is 16.5 Å². The van der Waals surface area contributed by atoms with E-state index in [1.165, 1.54) is 26.4 Å². The number of thiophene rings is 1. The first-order chi connectivity index (χ1) is 14.7. The Balaban J connectivity index is 1.77. The van der Waals surface area contributed by atoms with E-state index in [4.69, 9.17) is 20.2 Å². The zero-order valence-electron chi connectivity index (χ0n) is 17.0. The van der Waals surface area contributed by atoms with Crippen LogP contribution in [0.4, 0.5) is 5.69 Å². The molecule has 1 saturated carbocycles. The molecule has 1 aliphatic carbocycles. The van der Waals surface area contributed by atoms with E-state index in [-0.39, 0.29) is 0 Å². The molecule has 156 valence electrons. The average Bonchev–Trinajstić information content (AvgIpc) is 3.34. The monoisotopic (exact) mass is 422 g/mol. The number of aromatic nitrogens is 1. The molecule has 1 aliphatic rings. The summed E-state index contributed by atoms with van der Waals surface area (Å²) in [4.78, 5) is 18.3. The van der Waals surface area contributed by atoms with E-state index in [1.807, 2.05) is 47.8 Å². The van der Waals surface area contributed by atoms with Gasteiger partial charge < -0.3 is 15.2 Å². The van der Waals surface area contributed by atoms with Gasteiger partial charge in [-0.25, -0.2) is 9.78 Å². The summed E-state index contributed by atoms with van der Waals surface area (Å²) >= 11 is 1.62. The van der Waals surface area contributed by atoms with Crippen LogP contribution in [-0.4, -0.2) is 18.1 Å². The first-order valence-corrected chi connectivity index (χ1v) is 11.2. The Labute approximate surface area is 180 Å². The second kappa shape index (κ2) is 9.30. The molecule has 4 rings (SSSR count). The molecule has 1 aromatic carbocycles. The molecule has 5 nitrogen and oxygen atoms in total. The lowest BCUT2D eigenvalue weighted by Crippen LogP contribution is -2.21. The fourth-order valence-corrected chi connectivity index (χ4v) is 4.73. The summed E-state index contributed by atoms with van der Waals surface area (Å²) in [5.41, 5.74) is 9.68. The zero-order chi connectivity index (χ0) is 20.9. The minimum absolute atomic E-state index is 0.292. The zero-order valence-corrected chi connectivity index (χ0v) is 17.9. The molecular formula is C24H26N2O3S. The summed E-state index contributed by atoms with van der Waals surface area (Å²) in [6.07, 6.45) is 4.95. The van der Waals surface area contributed by atoms with Gasteiger partial charge in [-0.3, -0.25) is 0 Å². The third-order valence-corrected chi connectivity index (χ3v) is 6.51. The Morgan fingerprint density at radius 3 is 2.57 bits per heavy atom. The highest BCUT2D eigenvalue weighted by molar-refractivity contribution is 7.13. The summed E-state index contributed by atoms with van der Waals surface area (Å²) in [6.45, 7) is 0. The van der Waals surface area contributed by atoms with Gasteiger partial charge in [-0.05, 0) is 41.8 Å². The molecule has 0 radical (unpaired) electrons. The molecule has 6 heteroatoms. The van der Waals surface area contributed by atoms with Crippen molar-refractivity contribution in [3.63, 3.8) is 0 Å². The minimum atomic E-state index is -0.927. The van der Waals surface area contributed by atoms with Gasteiger partial charge >= 0.3 is 5.97 Å². The van der Waals surface area contributed by atoms with Crippen LogP contribution in [0.5, 0.6) is 5.88 Å². The average molecular weight is 423 g/mol. The van der Waals surface area contributed by atoms with Gasteiger partial charge in [0, 0.05) is 5.56 Å². The maximum Gasteiger partial charge on any atom is 0.351 e. The van der Waals surface area contributed by atoms with Crippen LogP contribution >= 0.6 is 11.3 Å². The molecule has 0 saturated heterocycles. The van der Waals surface area contributed by atoms with Crippen molar-refractivity contribution in [3.05, 3.63) is 65.0 Å². The maximum absolute atomic E-state index is 12.5. The summed E-state index contributed by atoms with van der Waals surface area (Å²) in [5, 5.41) is 2.02. The van der Waals surface area contributed by atoms with Gasteiger partial charge in [0.2, 0.25) is 12.0 Å². The third kappa shape index (κ3) is 4.33. The smallest absolute Gasteiger partial charge is 0.351 e. The van der Waals surface area contributed by atoms with Gasteiger partial charge in [0.1, 0.15) is 0 Å². The number of benzene rings is 1. The molecule has 2 N–H and O–H groups in total. The van der Waals surface area contributed by atoms with E-state index in [1.54, 1.807) is 11.3 Å². The molecule has 1 fully saturated rings. The van der Waals surface area contributed by atoms with Crippen molar-refractivity contribution >= 4 is 23.0 Å². The Morgan fingerprint density at radius 1 is 1.13 bits per heavy atom. The number of anilines is 1. The fraction of sp³-hybridized carbons (Fsp3) is 0.333. The molecule has 30 heavy (non-hydrogen) atoms. The van der Waals surface area contributed by atoms with E-state index in [2.05, 4.69) is 6.07 Å². The molecule has 0 bridgehead atoms. The van der Waals surface area contributed by atoms with Gasteiger partial charge in [0.05, 0.1) is 23.4 Å². The third-order valence-electron chi connectivity index (χ3n) is 5.62. The summed E-state index contributed by atoms with van der Waals surface area (Å²) in [7, 11) is 1.36.